The number of rotatable bonds is 1. The van der Waals surface area contributed by atoms with E-state index in [-0.39, 0.29) is 17.0 Å². The average molecular weight is 363 g/mol. The Labute approximate surface area is 142 Å². The first-order chi connectivity index (χ1) is 11.3. The molecule has 1 aromatic carbocycles. The zero-order chi connectivity index (χ0) is 17.5. The van der Waals surface area contributed by atoms with Crippen molar-refractivity contribution in [2.24, 2.45) is 0 Å². The maximum atomic E-state index is 12.9. The average Bonchev–Trinajstić information content (AvgIpc) is 2.54. The molecule has 1 unspecified atom stereocenters. The standard InChI is InChI=1S/C16H18ClF3N2O2/c1-9-14-10(6-11(7-12(14)17)16(18,19)20)2-4-22(9)15(23)13-8-21-3-5-24-13/h6-7,9,13,21H,2-5,8H2,1H3/t9?,13-/m1/s1. The van der Waals surface area contributed by atoms with Gasteiger partial charge in [0.15, 0.2) is 0 Å². The van der Waals surface area contributed by atoms with Crippen LogP contribution in [0.15, 0.2) is 12.1 Å². The van der Waals surface area contributed by atoms with Crippen molar-refractivity contribution in [2.45, 2.75) is 31.7 Å². The van der Waals surface area contributed by atoms with Gasteiger partial charge < -0.3 is 15.0 Å². The van der Waals surface area contributed by atoms with Gasteiger partial charge in [-0.25, -0.2) is 0 Å². The van der Waals surface area contributed by atoms with Crippen LogP contribution in [0.4, 0.5) is 13.2 Å². The summed E-state index contributed by atoms with van der Waals surface area (Å²) in [5, 5.41) is 3.15. The Morgan fingerprint density at radius 2 is 2.17 bits per heavy atom. The number of benzene rings is 1. The molecule has 0 saturated carbocycles. The number of morpholine rings is 1. The molecule has 0 bridgehead atoms. The van der Waals surface area contributed by atoms with Crippen LogP contribution in [-0.2, 0) is 22.1 Å². The third-order valence-electron chi connectivity index (χ3n) is 4.54. The van der Waals surface area contributed by atoms with Crippen LogP contribution in [-0.4, -0.2) is 43.2 Å². The molecule has 2 aliphatic heterocycles. The molecule has 0 radical (unpaired) electrons. The van der Waals surface area contributed by atoms with Crippen LogP contribution in [0.5, 0.6) is 0 Å². The number of nitrogens with zero attached hydrogens (tertiary/aromatic N) is 1. The van der Waals surface area contributed by atoms with Crippen LogP contribution in [0.3, 0.4) is 0 Å². The predicted molar refractivity (Wildman–Crippen MR) is 82.9 cm³/mol. The summed E-state index contributed by atoms with van der Waals surface area (Å²) in [4.78, 5) is 14.3. The van der Waals surface area contributed by atoms with Gasteiger partial charge in [-0.2, -0.15) is 13.2 Å². The fourth-order valence-electron chi connectivity index (χ4n) is 3.31. The first-order valence-electron chi connectivity index (χ1n) is 7.81. The molecule has 1 saturated heterocycles. The lowest BCUT2D eigenvalue weighted by Crippen LogP contribution is -2.51. The third kappa shape index (κ3) is 3.25. The summed E-state index contributed by atoms with van der Waals surface area (Å²) in [6.45, 7) is 3.74. The number of halogens is 4. The molecule has 2 atom stereocenters. The summed E-state index contributed by atoms with van der Waals surface area (Å²) in [6, 6.07) is 1.68. The van der Waals surface area contributed by atoms with Crippen LogP contribution in [0.1, 0.15) is 29.7 Å². The smallest absolute Gasteiger partial charge is 0.366 e. The summed E-state index contributed by atoms with van der Waals surface area (Å²) < 4.78 is 44.3. The van der Waals surface area contributed by atoms with Crippen molar-refractivity contribution in [3.05, 3.63) is 33.8 Å². The van der Waals surface area contributed by atoms with Gasteiger partial charge in [0.05, 0.1) is 18.2 Å². The summed E-state index contributed by atoms with van der Waals surface area (Å²) in [6.07, 6.45) is -4.65. The molecule has 0 spiro atoms. The van der Waals surface area contributed by atoms with E-state index in [0.29, 0.717) is 43.8 Å². The van der Waals surface area contributed by atoms with Crippen LogP contribution >= 0.6 is 11.6 Å². The number of hydrogen-bond donors (Lipinski definition) is 1. The normalized spacial score (nSPS) is 24.6. The van der Waals surface area contributed by atoms with Crippen molar-refractivity contribution in [3.63, 3.8) is 0 Å². The van der Waals surface area contributed by atoms with E-state index in [1.165, 1.54) is 0 Å². The number of ether oxygens (including phenoxy) is 1. The lowest BCUT2D eigenvalue weighted by atomic mass is 9.91. The molecule has 1 fully saturated rings. The number of nitrogens with one attached hydrogen (secondary N) is 1. The topological polar surface area (TPSA) is 41.6 Å². The maximum absolute atomic E-state index is 12.9. The minimum Gasteiger partial charge on any atom is -0.366 e. The molecular weight excluding hydrogens is 345 g/mol. The molecule has 24 heavy (non-hydrogen) atoms. The second-order valence-corrected chi connectivity index (χ2v) is 6.46. The van der Waals surface area contributed by atoms with E-state index in [1.807, 2.05) is 0 Å². The van der Waals surface area contributed by atoms with Crippen molar-refractivity contribution in [1.29, 1.82) is 0 Å². The highest BCUT2D eigenvalue weighted by Crippen LogP contribution is 2.40. The summed E-state index contributed by atoms with van der Waals surface area (Å²) in [5.41, 5.74) is 0.389. The van der Waals surface area contributed by atoms with E-state index < -0.39 is 17.8 Å². The first kappa shape index (κ1) is 17.5. The maximum Gasteiger partial charge on any atom is 0.416 e. The molecular formula is C16H18ClF3N2O2. The zero-order valence-electron chi connectivity index (χ0n) is 13.1. The molecule has 2 heterocycles. The Kier molecular flexibility index (Phi) is 4.77. The van der Waals surface area contributed by atoms with Crippen molar-refractivity contribution < 1.29 is 22.7 Å². The number of carbonyl (C=O) groups is 1. The molecule has 0 aliphatic carbocycles. The van der Waals surface area contributed by atoms with Crippen LogP contribution < -0.4 is 5.32 Å². The Bertz CT molecular complexity index is 645. The SMILES string of the molecule is CC1c2c(Cl)cc(C(F)(F)F)cc2CCN1C(=O)[C@H]1CNCCO1. The lowest BCUT2D eigenvalue weighted by molar-refractivity contribution is -0.148. The van der Waals surface area contributed by atoms with E-state index in [0.717, 1.165) is 12.1 Å². The van der Waals surface area contributed by atoms with Gasteiger partial charge in [-0.15, -0.1) is 0 Å². The largest absolute Gasteiger partial charge is 0.416 e. The predicted octanol–water partition coefficient (Wildman–Crippen LogP) is 2.79. The Balaban J connectivity index is 1.87. The molecule has 132 valence electrons. The second kappa shape index (κ2) is 6.54. The van der Waals surface area contributed by atoms with Gasteiger partial charge in [0.25, 0.3) is 5.91 Å². The number of alkyl halides is 3. The number of amides is 1. The van der Waals surface area contributed by atoms with Gasteiger partial charge in [-0.3, -0.25) is 4.79 Å². The van der Waals surface area contributed by atoms with E-state index in [1.54, 1.807) is 11.8 Å². The molecule has 1 amide bonds. The van der Waals surface area contributed by atoms with E-state index in [9.17, 15) is 18.0 Å². The number of carbonyl (C=O) groups excluding carboxylic acids is 1. The van der Waals surface area contributed by atoms with Gasteiger partial charge >= 0.3 is 6.18 Å². The van der Waals surface area contributed by atoms with Crippen molar-refractivity contribution in [2.75, 3.05) is 26.2 Å². The minimum absolute atomic E-state index is 0.0486. The van der Waals surface area contributed by atoms with Crippen molar-refractivity contribution in [1.82, 2.24) is 10.2 Å². The van der Waals surface area contributed by atoms with Gasteiger partial charge in [-0.1, -0.05) is 11.6 Å². The summed E-state index contributed by atoms with van der Waals surface area (Å²) >= 11 is 6.12. The fourth-order valence-corrected chi connectivity index (χ4v) is 3.71. The molecule has 8 heteroatoms. The molecule has 0 aromatic heterocycles. The van der Waals surface area contributed by atoms with Crippen LogP contribution in [0.25, 0.3) is 0 Å². The van der Waals surface area contributed by atoms with Crippen LogP contribution in [0.2, 0.25) is 5.02 Å². The molecule has 4 nitrogen and oxygen atoms in total. The highest BCUT2D eigenvalue weighted by Gasteiger charge is 2.37. The molecule has 1 N–H and O–H groups in total. The first-order valence-corrected chi connectivity index (χ1v) is 8.19. The van der Waals surface area contributed by atoms with E-state index >= 15 is 0 Å². The van der Waals surface area contributed by atoms with Crippen molar-refractivity contribution >= 4 is 17.5 Å². The third-order valence-corrected chi connectivity index (χ3v) is 4.85. The van der Waals surface area contributed by atoms with E-state index in [2.05, 4.69) is 5.32 Å². The Hall–Kier alpha value is -1.31. The number of hydrogen-bond acceptors (Lipinski definition) is 3. The van der Waals surface area contributed by atoms with Gasteiger partial charge in [0, 0.05) is 24.7 Å². The highest BCUT2D eigenvalue weighted by atomic mass is 35.5. The van der Waals surface area contributed by atoms with Gasteiger partial charge in [0.2, 0.25) is 0 Å². The minimum atomic E-state index is -4.43. The van der Waals surface area contributed by atoms with Crippen molar-refractivity contribution in [3.8, 4) is 0 Å². The van der Waals surface area contributed by atoms with Crippen LogP contribution in [0, 0.1) is 0 Å². The Morgan fingerprint density at radius 3 is 2.79 bits per heavy atom. The van der Waals surface area contributed by atoms with E-state index in [4.69, 9.17) is 16.3 Å². The fraction of sp³-hybridized carbons (Fsp3) is 0.562. The Morgan fingerprint density at radius 1 is 1.42 bits per heavy atom. The summed E-state index contributed by atoms with van der Waals surface area (Å²) in [7, 11) is 0. The molecule has 3 rings (SSSR count). The highest BCUT2D eigenvalue weighted by molar-refractivity contribution is 6.31. The molecule has 1 aromatic rings. The number of fused-ring (bicyclic) bond motifs is 1. The lowest BCUT2D eigenvalue weighted by Gasteiger charge is -2.38. The second-order valence-electron chi connectivity index (χ2n) is 6.05. The summed E-state index contributed by atoms with van der Waals surface area (Å²) in [5.74, 6) is -0.156. The molecule has 2 aliphatic rings. The van der Waals surface area contributed by atoms with Gasteiger partial charge in [0.1, 0.15) is 6.10 Å². The quantitative estimate of drug-likeness (QED) is 0.835. The van der Waals surface area contributed by atoms with Gasteiger partial charge in [-0.05, 0) is 36.6 Å². The monoisotopic (exact) mass is 362 g/mol. The zero-order valence-corrected chi connectivity index (χ0v) is 13.9.